The van der Waals surface area contributed by atoms with Gasteiger partial charge >= 0.3 is 0 Å². The number of rotatable bonds is 6. The van der Waals surface area contributed by atoms with Gasteiger partial charge in [-0.15, -0.1) is 0 Å². The number of benzene rings is 1. The normalized spacial score (nSPS) is 19.5. The van der Waals surface area contributed by atoms with Crippen molar-refractivity contribution in [3.8, 4) is 17.2 Å². The Bertz CT molecular complexity index is 710. The summed E-state index contributed by atoms with van der Waals surface area (Å²) in [5.41, 5.74) is 0.426. The van der Waals surface area contributed by atoms with Gasteiger partial charge < -0.3 is 29.3 Å². The Morgan fingerprint density at radius 3 is 2.25 bits per heavy atom. The van der Waals surface area contributed by atoms with Crippen LogP contribution in [0.5, 0.6) is 17.2 Å². The molecule has 2 saturated heterocycles. The summed E-state index contributed by atoms with van der Waals surface area (Å²) < 4.78 is 16.1. The molecule has 1 unspecified atom stereocenters. The van der Waals surface area contributed by atoms with E-state index in [0.29, 0.717) is 61.5 Å². The zero-order chi connectivity index (χ0) is 20.1. The van der Waals surface area contributed by atoms with Gasteiger partial charge in [-0.05, 0) is 31.5 Å². The Kier molecular flexibility index (Phi) is 6.61. The van der Waals surface area contributed by atoms with Crippen LogP contribution in [-0.4, -0.2) is 81.7 Å². The maximum Gasteiger partial charge on any atom is 0.257 e. The molecule has 1 aromatic rings. The molecule has 2 aliphatic heterocycles. The summed E-state index contributed by atoms with van der Waals surface area (Å²) in [6.45, 7) is 3.09. The lowest BCUT2D eigenvalue weighted by atomic mass is 10.1. The summed E-state index contributed by atoms with van der Waals surface area (Å²) in [6, 6.07) is 3.68. The van der Waals surface area contributed by atoms with Crippen molar-refractivity contribution in [1.29, 1.82) is 0 Å². The van der Waals surface area contributed by atoms with Crippen LogP contribution < -0.4 is 19.5 Å². The predicted molar refractivity (Wildman–Crippen MR) is 104 cm³/mol. The van der Waals surface area contributed by atoms with Crippen LogP contribution in [0.25, 0.3) is 0 Å². The van der Waals surface area contributed by atoms with Gasteiger partial charge in [-0.1, -0.05) is 0 Å². The van der Waals surface area contributed by atoms with Crippen LogP contribution >= 0.6 is 0 Å². The SMILES string of the molecule is COc1ccc(C(=O)N2CCN(C(=O)CC3CCCN3)CC2)c(OC)c1OC. The van der Waals surface area contributed by atoms with E-state index in [4.69, 9.17) is 14.2 Å². The Morgan fingerprint density at radius 2 is 1.68 bits per heavy atom. The molecule has 1 aromatic carbocycles. The summed E-state index contributed by atoms with van der Waals surface area (Å²) >= 11 is 0. The zero-order valence-corrected chi connectivity index (χ0v) is 16.8. The minimum Gasteiger partial charge on any atom is -0.493 e. The molecule has 0 aromatic heterocycles. The first-order valence-electron chi connectivity index (χ1n) is 9.68. The van der Waals surface area contributed by atoms with Gasteiger partial charge in [-0.3, -0.25) is 9.59 Å². The molecule has 1 atom stereocenters. The summed E-state index contributed by atoms with van der Waals surface area (Å²) in [5.74, 6) is 1.29. The number of carbonyl (C=O) groups excluding carboxylic acids is 2. The lowest BCUT2D eigenvalue weighted by molar-refractivity contribution is -0.133. The van der Waals surface area contributed by atoms with Crippen molar-refractivity contribution in [2.24, 2.45) is 0 Å². The first-order chi connectivity index (χ1) is 13.6. The van der Waals surface area contributed by atoms with Crippen molar-refractivity contribution < 1.29 is 23.8 Å². The molecule has 2 aliphatic rings. The molecule has 154 valence electrons. The van der Waals surface area contributed by atoms with E-state index in [1.54, 1.807) is 17.0 Å². The van der Waals surface area contributed by atoms with E-state index in [-0.39, 0.29) is 11.8 Å². The van der Waals surface area contributed by atoms with E-state index in [1.807, 2.05) is 4.90 Å². The fourth-order valence-corrected chi connectivity index (χ4v) is 3.87. The van der Waals surface area contributed by atoms with Gasteiger partial charge in [0.25, 0.3) is 5.91 Å². The smallest absolute Gasteiger partial charge is 0.257 e. The first kappa shape index (κ1) is 20.3. The molecule has 2 fully saturated rings. The number of nitrogens with one attached hydrogen (secondary N) is 1. The van der Waals surface area contributed by atoms with Crippen LogP contribution in [-0.2, 0) is 4.79 Å². The summed E-state index contributed by atoms with van der Waals surface area (Å²) in [4.78, 5) is 29.1. The van der Waals surface area contributed by atoms with E-state index in [1.165, 1.54) is 21.3 Å². The van der Waals surface area contributed by atoms with Crippen LogP contribution in [0.3, 0.4) is 0 Å². The number of hydrogen-bond donors (Lipinski definition) is 1. The van der Waals surface area contributed by atoms with Gasteiger partial charge in [0, 0.05) is 38.6 Å². The third-order valence-corrected chi connectivity index (χ3v) is 5.44. The van der Waals surface area contributed by atoms with Crippen molar-refractivity contribution in [3.63, 3.8) is 0 Å². The van der Waals surface area contributed by atoms with Crippen molar-refractivity contribution in [2.45, 2.75) is 25.3 Å². The van der Waals surface area contributed by atoms with Crippen molar-refractivity contribution in [2.75, 3.05) is 54.1 Å². The molecule has 8 heteroatoms. The molecular formula is C20H29N3O5. The maximum absolute atomic E-state index is 13.0. The minimum absolute atomic E-state index is 0.137. The topological polar surface area (TPSA) is 80.3 Å². The van der Waals surface area contributed by atoms with Crippen LogP contribution in [0.15, 0.2) is 12.1 Å². The van der Waals surface area contributed by atoms with Gasteiger partial charge in [0.1, 0.15) is 0 Å². The zero-order valence-electron chi connectivity index (χ0n) is 16.8. The molecule has 0 bridgehead atoms. The lowest BCUT2D eigenvalue weighted by Gasteiger charge is -2.35. The minimum atomic E-state index is -0.137. The van der Waals surface area contributed by atoms with E-state index in [0.717, 1.165) is 19.4 Å². The second kappa shape index (κ2) is 9.14. The Balaban J connectivity index is 1.64. The lowest BCUT2D eigenvalue weighted by Crippen LogP contribution is -2.51. The first-order valence-corrected chi connectivity index (χ1v) is 9.68. The van der Waals surface area contributed by atoms with Crippen LogP contribution in [0.2, 0.25) is 0 Å². The monoisotopic (exact) mass is 391 g/mol. The molecule has 0 radical (unpaired) electrons. The maximum atomic E-state index is 13.0. The molecule has 28 heavy (non-hydrogen) atoms. The molecule has 0 saturated carbocycles. The number of amides is 2. The number of methoxy groups -OCH3 is 3. The van der Waals surface area contributed by atoms with Gasteiger partial charge in [0.05, 0.1) is 26.9 Å². The third-order valence-electron chi connectivity index (χ3n) is 5.44. The average Bonchev–Trinajstić information content (AvgIpc) is 3.25. The average molecular weight is 391 g/mol. The number of piperazine rings is 1. The third kappa shape index (κ3) is 4.16. The highest BCUT2D eigenvalue weighted by molar-refractivity contribution is 5.98. The van der Waals surface area contributed by atoms with Crippen molar-refractivity contribution >= 4 is 11.8 Å². The Hall–Kier alpha value is -2.48. The number of carbonyl (C=O) groups is 2. The van der Waals surface area contributed by atoms with E-state index in [2.05, 4.69) is 5.32 Å². The molecule has 8 nitrogen and oxygen atoms in total. The second-order valence-corrected chi connectivity index (χ2v) is 7.05. The Labute approximate surface area is 165 Å². The molecule has 1 N–H and O–H groups in total. The fourth-order valence-electron chi connectivity index (χ4n) is 3.87. The molecule has 2 heterocycles. The molecule has 0 aliphatic carbocycles. The summed E-state index contributed by atoms with van der Waals surface area (Å²) in [7, 11) is 4.55. The molecule has 0 spiro atoms. The van der Waals surface area contributed by atoms with Crippen molar-refractivity contribution in [3.05, 3.63) is 17.7 Å². The summed E-state index contributed by atoms with van der Waals surface area (Å²) in [5, 5.41) is 3.36. The van der Waals surface area contributed by atoms with Crippen LogP contribution in [0.1, 0.15) is 29.6 Å². The van der Waals surface area contributed by atoms with E-state index < -0.39 is 0 Å². The highest BCUT2D eigenvalue weighted by Gasteiger charge is 2.29. The number of hydrogen-bond acceptors (Lipinski definition) is 6. The second-order valence-electron chi connectivity index (χ2n) is 7.05. The molecular weight excluding hydrogens is 362 g/mol. The highest BCUT2D eigenvalue weighted by Crippen LogP contribution is 2.40. The van der Waals surface area contributed by atoms with Crippen LogP contribution in [0.4, 0.5) is 0 Å². The largest absolute Gasteiger partial charge is 0.493 e. The number of ether oxygens (including phenoxy) is 3. The van der Waals surface area contributed by atoms with Gasteiger partial charge in [-0.25, -0.2) is 0 Å². The van der Waals surface area contributed by atoms with Gasteiger partial charge in [0.15, 0.2) is 11.5 Å². The van der Waals surface area contributed by atoms with Gasteiger partial charge in [-0.2, -0.15) is 0 Å². The van der Waals surface area contributed by atoms with Crippen LogP contribution in [0, 0.1) is 0 Å². The van der Waals surface area contributed by atoms with Gasteiger partial charge in [0.2, 0.25) is 11.7 Å². The summed E-state index contributed by atoms with van der Waals surface area (Å²) in [6.07, 6.45) is 2.73. The molecule has 2 amide bonds. The Morgan fingerprint density at radius 1 is 1.00 bits per heavy atom. The van der Waals surface area contributed by atoms with E-state index >= 15 is 0 Å². The van der Waals surface area contributed by atoms with Crippen molar-refractivity contribution in [1.82, 2.24) is 15.1 Å². The number of nitrogens with zero attached hydrogens (tertiary/aromatic N) is 2. The standard InChI is InChI=1S/C20H29N3O5/c1-26-16-7-6-15(18(27-2)19(16)28-3)20(25)23-11-9-22(10-12-23)17(24)13-14-5-4-8-21-14/h6-7,14,21H,4-5,8-13H2,1-3H3. The quantitative estimate of drug-likeness (QED) is 0.783. The highest BCUT2D eigenvalue weighted by atomic mass is 16.5. The van der Waals surface area contributed by atoms with E-state index in [9.17, 15) is 9.59 Å². The molecule has 3 rings (SSSR count). The fraction of sp³-hybridized carbons (Fsp3) is 0.600. The predicted octanol–water partition coefficient (Wildman–Crippen LogP) is 1.14.